The largest absolute Gasteiger partial charge is 0.0985 e. The maximum absolute atomic E-state index is 3.74. The molecule has 0 bridgehead atoms. The predicted octanol–water partition coefficient (Wildman–Crippen LogP) is 3.64. The van der Waals surface area contributed by atoms with Gasteiger partial charge in [-0.25, -0.2) is 0 Å². The molecular weight excluding hydrogens is 132 g/mol. The normalized spacial score (nSPS) is 14.1. The summed E-state index contributed by atoms with van der Waals surface area (Å²) in [7, 11) is 0. The molecule has 0 saturated carbocycles. The minimum absolute atomic E-state index is 1.19. The Morgan fingerprint density at radius 3 is 2.27 bits per heavy atom. The summed E-state index contributed by atoms with van der Waals surface area (Å²) >= 11 is 0. The molecule has 0 aliphatic heterocycles. The maximum atomic E-state index is 3.74. The highest BCUT2D eigenvalue weighted by Crippen LogP contribution is 2.09. The zero-order valence-electron chi connectivity index (χ0n) is 7.59. The summed E-state index contributed by atoms with van der Waals surface area (Å²) in [5, 5.41) is 0. The quantitative estimate of drug-likeness (QED) is 0.536. The molecule has 0 radical (unpaired) electrons. The van der Waals surface area contributed by atoms with E-state index in [1.165, 1.54) is 11.1 Å². The molecule has 0 aliphatic carbocycles. The van der Waals surface area contributed by atoms with Crippen molar-refractivity contribution in [3.8, 4) is 0 Å². The Kier molecular flexibility index (Phi) is 5.18. The van der Waals surface area contributed by atoms with Crippen LogP contribution in [0.4, 0.5) is 0 Å². The van der Waals surface area contributed by atoms with Crippen LogP contribution in [0.25, 0.3) is 0 Å². The molecular formula is C11H16. The molecule has 0 rings (SSSR count). The molecule has 0 aromatic rings. The monoisotopic (exact) mass is 148 g/mol. The van der Waals surface area contributed by atoms with Gasteiger partial charge in [0.15, 0.2) is 0 Å². The summed E-state index contributed by atoms with van der Waals surface area (Å²) in [6.07, 6.45) is 10.0. The van der Waals surface area contributed by atoms with Gasteiger partial charge < -0.3 is 0 Å². The topological polar surface area (TPSA) is 0 Å². The Bertz CT molecular complexity index is 202. The summed E-state index contributed by atoms with van der Waals surface area (Å²) in [6.45, 7) is 9.85. The average Bonchev–Trinajstić information content (AvgIpc) is 2.05. The number of rotatable bonds is 3. The van der Waals surface area contributed by atoms with Gasteiger partial charge in [0.1, 0.15) is 0 Å². The molecule has 0 saturated heterocycles. The lowest BCUT2D eigenvalue weighted by atomic mass is 10.1. The molecule has 11 heavy (non-hydrogen) atoms. The van der Waals surface area contributed by atoms with Crippen molar-refractivity contribution in [1.82, 2.24) is 0 Å². The van der Waals surface area contributed by atoms with Crippen molar-refractivity contribution < 1.29 is 0 Å². The van der Waals surface area contributed by atoms with Crippen LogP contribution in [0.5, 0.6) is 0 Å². The van der Waals surface area contributed by atoms with E-state index in [0.717, 1.165) is 0 Å². The fourth-order valence-electron chi connectivity index (χ4n) is 0.727. The zero-order valence-corrected chi connectivity index (χ0v) is 7.59. The first-order valence-corrected chi connectivity index (χ1v) is 3.85. The van der Waals surface area contributed by atoms with Gasteiger partial charge in [-0.3, -0.25) is 0 Å². The molecule has 0 fully saturated rings. The molecule has 0 aliphatic rings. The van der Waals surface area contributed by atoms with Crippen molar-refractivity contribution in [3.63, 3.8) is 0 Å². The second-order valence-electron chi connectivity index (χ2n) is 2.32. The number of hydrogen-bond acceptors (Lipinski definition) is 0. The Hall–Kier alpha value is -1.04. The lowest BCUT2D eigenvalue weighted by molar-refractivity contribution is 1.40. The van der Waals surface area contributed by atoms with Crippen molar-refractivity contribution in [2.24, 2.45) is 0 Å². The molecule has 0 aromatic heterocycles. The van der Waals surface area contributed by atoms with E-state index < -0.39 is 0 Å². The van der Waals surface area contributed by atoms with Crippen LogP contribution in [0.15, 0.2) is 48.1 Å². The van der Waals surface area contributed by atoms with Gasteiger partial charge >= 0.3 is 0 Å². The summed E-state index contributed by atoms with van der Waals surface area (Å²) in [5.41, 5.74) is 2.45. The molecule has 0 atom stereocenters. The van der Waals surface area contributed by atoms with Crippen molar-refractivity contribution in [3.05, 3.63) is 48.1 Å². The van der Waals surface area contributed by atoms with E-state index in [1.807, 2.05) is 32.1 Å². The summed E-state index contributed by atoms with van der Waals surface area (Å²) < 4.78 is 0. The van der Waals surface area contributed by atoms with E-state index >= 15 is 0 Å². The predicted molar refractivity (Wildman–Crippen MR) is 52.5 cm³/mol. The van der Waals surface area contributed by atoms with Gasteiger partial charge in [-0.05, 0) is 31.9 Å². The summed E-state index contributed by atoms with van der Waals surface area (Å²) in [4.78, 5) is 0. The van der Waals surface area contributed by atoms with Crippen LogP contribution in [-0.2, 0) is 0 Å². The van der Waals surface area contributed by atoms with Crippen LogP contribution in [-0.4, -0.2) is 0 Å². The van der Waals surface area contributed by atoms with Gasteiger partial charge in [-0.2, -0.15) is 0 Å². The second kappa shape index (κ2) is 5.72. The first-order chi connectivity index (χ1) is 5.26. The molecule has 0 nitrogen and oxygen atoms in total. The smallest absolute Gasteiger partial charge is 0.0237 e. The van der Waals surface area contributed by atoms with E-state index in [9.17, 15) is 0 Å². The highest BCUT2D eigenvalue weighted by Gasteiger charge is 1.89. The van der Waals surface area contributed by atoms with Gasteiger partial charge in [0, 0.05) is 0 Å². The fraction of sp³-hybridized carbons (Fsp3) is 0.273. The van der Waals surface area contributed by atoms with Gasteiger partial charge in [-0.15, -0.1) is 0 Å². The SMILES string of the molecule is C=CC(=C/C=C\C)/C(C)=C\C. The third kappa shape index (κ3) is 3.61. The van der Waals surface area contributed by atoms with E-state index in [4.69, 9.17) is 0 Å². The first-order valence-electron chi connectivity index (χ1n) is 3.85. The molecule has 0 heteroatoms. The third-order valence-corrected chi connectivity index (χ3v) is 1.58. The average molecular weight is 148 g/mol. The zero-order chi connectivity index (χ0) is 8.69. The Balaban J connectivity index is 4.52. The molecule has 0 unspecified atom stereocenters. The molecule has 0 N–H and O–H groups in total. The van der Waals surface area contributed by atoms with Gasteiger partial charge in [-0.1, -0.05) is 37.0 Å². The Morgan fingerprint density at radius 2 is 1.91 bits per heavy atom. The summed E-state index contributed by atoms with van der Waals surface area (Å²) in [5.74, 6) is 0. The lowest BCUT2D eigenvalue weighted by Gasteiger charge is -1.98. The maximum Gasteiger partial charge on any atom is -0.0237 e. The van der Waals surface area contributed by atoms with E-state index in [2.05, 4.69) is 25.7 Å². The lowest BCUT2D eigenvalue weighted by Crippen LogP contribution is -1.77. The van der Waals surface area contributed by atoms with Crippen LogP contribution in [0.3, 0.4) is 0 Å². The molecule has 0 heterocycles. The minimum Gasteiger partial charge on any atom is -0.0985 e. The number of allylic oxidation sites excluding steroid dienone is 7. The van der Waals surface area contributed by atoms with Crippen molar-refractivity contribution in [2.45, 2.75) is 20.8 Å². The van der Waals surface area contributed by atoms with Gasteiger partial charge in [0.25, 0.3) is 0 Å². The molecule has 0 aromatic carbocycles. The Labute approximate surface area is 69.6 Å². The molecule has 0 spiro atoms. The standard InChI is InChI=1S/C11H16/c1-5-8-9-11(7-3)10(4)6-2/h5-9H,3H2,1-2,4H3/b8-5-,10-6-,11-9-. The Morgan fingerprint density at radius 1 is 1.27 bits per heavy atom. The van der Waals surface area contributed by atoms with Gasteiger partial charge in [0.05, 0.1) is 0 Å². The van der Waals surface area contributed by atoms with Gasteiger partial charge in [0.2, 0.25) is 0 Å². The minimum atomic E-state index is 1.19. The first kappa shape index (κ1) is 9.96. The van der Waals surface area contributed by atoms with Crippen LogP contribution < -0.4 is 0 Å². The highest BCUT2D eigenvalue weighted by molar-refractivity contribution is 5.39. The molecule has 60 valence electrons. The molecule has 0 amide bonds. The van der Waals surface area contributed by atoms with Crippen molar-refractivity contribution >= 4 is 0 Å². The highest BCUT2D eigenvalue weighted by atomic mass is 13.9. The summed E-state index contributed by atoms with van der Waals surface area (Å²) in [6, 6.07) is 0. The van der Waals surface area contributed by atoms with Crippen molar-refractivity contribution in [2.75, 3.05) is 0 Å². The van der Waals surface area contributed by atoms with E-state index in [1.54, 1.807) is 0 Å². The van der Waals surface area contributed by atoms with Crippen molar-refractivity contribution in [1.29, 1.82) is 0 Å². The van der Waals surface area contributed by atoms with Crippen LogP contribution in [0.2, 0.25) is 0 Å². The van der Waals surface area contributed by atoms with Crippen LogP contribution >= 0.6 is 0 Å². The fourth-order valence-corrected chi connectivity index (χ4v) is 0.727. The van der Waals surface area contributed by atoms with E-state index in [0.29, 0.717) is 0 Å². The number of hydrogen-bond donors (Lipinski definition) is 0. The van der Waals surface area contributed by atoms with Crippen LogP contribution in [0, 0.1) is 0 Å². The van der Waals surface area contributed by atoms with Crippen LogP contribution in [0.1, 0.15) is 20.8 Å². The second-order valence-corrected chi connectivity index (χ2v) is 2.32. The third-order valence-electron chi connectivity index (χ3n) is 1.58. The van der Waals surface area contributed by atoms with E-state index in [-0.39, 0.29) is 0 Å².